The predicted octanol–water partition coefficient (Wildman–Crippen LogP) is 4.42. The van der Waals surface area contributed by atoms with Gasteiger partial charge in [0.05, 0.1) is 10.5 Å². The molecule has 1 N–H and O–H groups in total. The van der Waals surface area contributed by atoms with Gasteiger partial charge in [-0.1, -0.05) is 51.3 Å². The van der Waals surface area contributed by atoms with Crippen LogP contribution in [0.1, 0.15) is 52.0 Å². The molecule has 0 amide bonds. The van der Waals surface area contributed by atoms with E-state index in [-0.39, 0.29) is 9.93 Å². The lowest BCUT2D eigenvalue weighted by Gasteiger charge is -2.45. The molecule has 1 unspecified atom stereocenters. The van der Waals surface area contributed by atoms with Gasteiger partial charge in [0, 0.05) is 0 Å². The zero-order chi connectivity index (χ0) is 19.1. The Morgan fingerprint density at radius 2 is 1.60 bits per heavy atom. The van der Waals surface area contributed by atoms with E-state index in [0.29, 0.717) is 12.8 Å². The van der Waals surface area contributed by atoms with Crippen LogP contribution in [-0.2, 0) is 14.3 Å². The molecule has 1 fully saturated rings. The van der Waals surface area contributed by atoms with E-state index in [1.807, 2.05) is 6.92 Å². The summed E-state index contributed by atoms with van der Waals surface area (Å²) in [5, 5.41) is 10.9. The van der Waals surface area contributed by atoms with Gasteiger partial charge >= 0.3 is 0 Å². The molecule has 2 rings (SSSR count). The summed E-state index contributed by atoms with van der Waals surface area (Å²) in [5.41, 5.74) is -1.53. The molecule has 0 aromatic heterocycles. The van der Waals surface area contributed by atoms with Gasteiger partial charge in [0.15, 0.2) is 13.8 Å². The Balaban J connectivity index is 2.41. The van der Waals surface area contributed by atoms with E-state index in [0.717, 1.165) is 18.4 Å². The van der Waals surface area contributed by atoms with Crippen molar-refractivity contribution in [2.45, 2.75) is 87.4 Å². The molecule has 4 nitrogen and oxygen atoms in total. The van der Waals surface area contributed by atoms with Crippen LogP contribution < -0.4 is 0 Å². The number of aryl methyl sites for hydroxylation is 1. The lowest BCUT2D eigenvalue weighted by Crippen LogP contribution is -2.55. The Hall–Kier alpha value is -0.693. The minimum atomic E-state index is -3.86. The van der Waals surface area contributed by atoms with Gasteiger partial charge in [-0.05, 0) is 50.0 Å². The van der Waals surface area contributed by atoms with Crippen molar-refractivity contribution < 1.29 is 18.0 Å². The summed E-state index contributed by atoms with van der Waals surface area (Å²) in [6.45, 7) is 12.5. The van der Waals surface area contributed by atoms with Crippen LogP contribution >= 0.6 is 0 Å². The fourth-order valence-corrected chi connectivity index (χ4v) is 6.52. The molecule has 1 aliphatic carbocycles. The molecule has 1 atom stereocenters. The van der Waals surface area contributed by atoms with Crippen LogP contribution in [0, 0.1) is 6.92 Å². The summed E-state index contributed by atoms with van der Waals surface area (Å²) >= 11 is 0. The second-order valence-electron chi connectivity index (χ2n) is 8.84. The van der Waals surface area contributed by atoms with Crippen LogP contribution in [-0.4, -0.2) is 32.9 Å². The second kappa shape index (κ2) is 6.80. The van der Waals surface area contributed by atoms with Gasteiger partial charge in [0.25, 0.3) is 0 Å². The summed E-state index contributed by atoms with van der Waals surface area (Å²) in [5.74, 6) is 0. The summed E-state index contributed by atoms with van der Waals surface area (Å²) in [4.78, 5) is 0.163. The number of rotatable bonds is 5. The van der Waals surface area contributed by atoms with Crippen molar-refractivity contribution in [3.63, 3.8) is 0 Å². The molecule has 0 heterocycles. The third-order valence-electron chi connectivity index (χ3n) is 5.81. The SMILES string of the molecule is Cc1ccc(S(=O)(=O)C(O)C2(O[Si](C)(C)C(C)(C)C)CCCC2)cc1. The molecule has 25 heavy (non-hydrogen) atoms. The maximum atomic E-state index is 13.1. The first-order chi connectivity index (χ1) is 11.3. The van der Waals surface area contributed by atoms with Gasteiger partial charge in [-0.2, -0.15) is 0 Å². The van der Waals surface area contributed by atoms with E-state index in [4.69, 9.17) is 4.43 Å². The standard InChI is InChI=1S/C19H32O4SSi/c1-15-9-11-16(12-10-15)24(21,22)17(20)19(13-7-8-14-19)23-25(5,6)18(2,3)4/h9-12,17,20H,7-8,13-14H2,1-6H3. The largest absolute Gasteiger partial charge is 0.408 e. The highest BCUT2D eigenvalue weighted by Crippen LogP contribution is 2.46. The Kier molecular flexibility index (Phi) is 5.61. The third-order valence-corrected chi connectivity index (χ3v) is 12.3. The molecule has 0 spiro atoms. The fourth-order valence-electron chi connectivity index (χ4n) is 3.17. The van der Waals surface area contributed by atoms with Crippen molar-refractivity contribution in [1.29, 1.82) is 0 Å². The molecular weight excluding hydrogens is 352 g/mol. The lowest BCUT2D eigenvalue weighted by molar-refractivity contribution is -0.0195. The Morgan fingerprint density at radius 1 is 1.12 bits per heavy atom. The number of aliphatic hydroxyl groups is 1. The predicted molar refractivity (Wildman–Crippen MR) is 104 cm³/mol. The molecule has 1 aromatic rings. The molecule has 0 saturated heterocycles. The van der Waals surface area contributed by atoms with Crippen LogP contribution in [0.5, 0.6) is 0 Å². The lowest BCUT2D eigenvalue weighted by atomic mass is 10.0. The van der Waals surface area contributed by atoms with E-state index in [9.17, 15) is 13.5 Å². The highest BCUT2D eigenvalue weighted by atomic mass is 32.2. The Morgan fingerprint density at radius 3 is 2.04 bits per heavy atom. The van der Waals surface area contributed by atoms with E-state index in [1.54, 1.807) is 24.3 Å². The first-order valence-electron chi connectivity index (χ1n) is 9.01. The average Bonchev–Trinajstić information content (AvgIpc) is 2.94. The first-order valence-corrected chi connectivity index (χ1v) is 13.5. The maximum Gasteiger partial charge on any atom is 0.207 e. The number of benzene rings is 1. The Labute approximate surface area is 153 Å². The van der Waals surface area contributed by atoms with Crippen molar-refractivity contribution in [2.24, 2.45) is 0 Å². The van der Waals surface area contributed by atoms with Crippen LogP contribution in [0.15, 0.2) is 29.2 Å². The molecule has 6 heteroatoms. The third kappa shape index (κ3) is 4.02. The van der Waals surface area contributed by atoms with Gasteiger partial charge in [0.2, 0.25) is 9.84 Å². The molecule has 142 valence electrons. The number of hydrogen-bond acceptors (Lipinski definition) is 4. The Bertz CT molecular complexity index is 696. The molecule has 0 bridgehead atoms. The highest BCUT2D eigenvalue weighted by Gasteiger charge is 2.53. The summed E-state index contributed by atoms with van der Waals surface area (Å²) in [6, 6.07) is 6.66. The summed E-state index contributed by atoms with van der Waals surface area (Å²) < 4.78 is 32.7. The van der Waals surface area contributed by atoms with Gasteiger partial charge in [0.1, 0.15) is 0 Å². The van der Waals surface area contributed by atoms with E-state index in [1.165, 1.54) is 0 Å². The van der Waals surface area contributed by atoms with Gasteiger partial charge < -0.3 is 9.53 Å². The van der Waals surface area contributed by atoms with Crippen LogP contribution in [0.25, 0.3) is 0 Å². The fraction of sp³-hybridized carbons (Fsp3) is 0.684. The molecule has 1 aromatic carbocycles. The van der Waals surface area contributed by atoms with E-state index in [2.05, 4.69) is 33.9 Å². The summed E-state index contributed by atoms with van der Waals surface area (Å²) in [6.07, 6.45) is 2.95. The smallest absolute Gasteiger partial charge is 0.207 e. The topological polar surface area (TPSA) is 63.6 Å². The van der Waals surface area contributed by atoms with Crippen LogP contribution in [0.3, 0.4) is 0 Å². The highest BCUT2D eigenvalue weighted by molar-refractivity contribution is 7.92. The first kappa shape index (κ1) is 20.6. The molecule has 0 radical (unpaired) electrons. The van der Waals surface area contributed by atoms with Gasteiger partial charge in [-0.3, -0.25) is 0 Å². The average molecular weight is 385 g/mol. The van der Waals surface area contributed by atoms with Gasteiger partial charge in [-0.15, -0.1) is 0 Å². The molecule has 0 aliphatic heterocycles. The van der Waals surface area contributed by atoms with E-state index >= 15 is 0 Å². The van der Waals surface area contributed by atoms with Crippen molar-refractivity contribution in [3.8, 4) is 0 Å². The van der Waals surface area contributed by atoms with Gasteiger partial charge in [-0.25, -0.2) is 8.42 Å². The normalized spacial score (nSPS) is 19.8. The molecule has 1 aliphatic rings. The van der Waals surface area contributed by atoms with Crippen LogP contribution in [0.4, 0.5) is 0 Å². The summed E-state index contributed by atoms with van der Waals surface area (Å²) in [7, 11) is -6.08. The number of hydrogen-bond donors (Lipinski definition) is 1. The molecular formula is C19H32O4SSi. The second-order valence-corrected chi connectivity index (χ2v) is 15.6. The van der Waals surface area contributed by atoms with Crippen LogP contribution in [0.2, 0.25) is 18.1 Å². The minimum Gasteiger partial charge on any atom is -0.408 e. The zero-order valence-electron chi connectivity index (χ0n) is 16.3. The molecule has 1 saturated carbocycles. The zero-order valence-corrected chi connectivity index (χ0v) is 18.1. The quantitative estimate of drug-likeness (QED) is 0.763. The van der Waals surface area contributed by atoms with Crippen molar-refractivity contribution in [3.05, 3.63) is 29.8 Å². The minimum absolute atomic E-state index is 0.0457. The van der Waals surface area contributed by atoms with Crippen molar-refractivity contribution >= 4 is 18.2 Å². The number of sulfone groups is 1. The van der Waals surface area contributed by atoms with Crippen molar-refractivity contribution in [1.82, 2.24) is 0 Å². The monoisotopic (exact) mass is 384 g/mol. The van der Waals surface area contributed by atoms with E-state index < -0.39 is 29.2 Å². The number of aliphatic hydroxyl groups excluding tert-OH is 1. The maximum absolute atomic E-state index is 13.1. The van der Waals surface area contributed by atoms with Crippen molar-refractivity contribution in [2.75, 3.05) is 0 Å².